The fourth-order valence-corrected chi connectivity index (χ4v) is 2.31. The van der Waals surface area contributed by atoms with Crippen molar-refractivity contribution in [3.63, 3.8) is 0 Å². The average molecular weight is 351 g/mol. The standard InChI is InChI=1S/C19H17N3O4/c23-17(13-22-10-2-1-5-18(22)24)20-12-14-6-8-15(9-7-14)21-19(25)16-4-3-11-26-16/h1-11H,12-13H2,(H,20,23)(H,21,25). The third-order valence-corrected chi connectivity index (χ3v) is 3.66. The number of rotatable bonds is 6. The molecule has 0 aliphatic rings. The fraction of sp³-hybridized carbons (Fsp3) is 0.105. The Morgan fingerprint density at radius 1 is 1.00 bits per heavy atom. The van der Waals surface area contributed by atoms with E-state index in [1.165, 1.54) is 16.9 Å². The summed E-state index contributed by atoms with van der Waals surface area (Å²) in [6.45, 7) is 0.295. The van der Waals surface area contributed by atoms with Crippen LogP contribution in [0, 0.1) is 0 Å². The van der Waals surface area contributed by atoms with Crippen molar-refractivity contribution < 1.29 is 14.0 Å². The van der Waals surface area contributed by atoms with Gasteiger partial charge in [-0.25, -0.2) is 0 Å². The van der Waals surface area contributed by atoms with E-state index in [4.69, 9.17) is 4.42 Å². The second kappa shape index (κ2) is 7.98. The van der Waals surface area contributed by atoms with Crippen LogP contribution in [-0.4, -0.2) is 16.4 Å². The van der Waals surface area contributed by atoms with E-state index in [0.29, 0.717) is 12.2 Å². The number of anilines is 1. The molecule has 3 rings (SSSR count). The van der Waals surface area contributed by atoms with Crippen molar-refractivity contribution in [3.8, 4) is 0 Å². The number of pyridine rings is 1. The third kappa shape index (κ3) is 4.47. The lowest BCUT2D eigenvalue weighted by Gasteiger charge is -2.08. The molecule has 2 heterocycles. The van der Waals surface area contributed by atoms with Gasteiger partial charge in [0, 0.05) is 24.5 Å². The molecule has 3 aromatic rings. The van der Waals surface area contributed by atoms with Crippen LogP contribution in [0.15, 0.2) is 76.3 Å². The largest absolute Gasteiger partial charge is 0.459 e. The lowest BCUT2D eigenvalue weighted by atomic mass is 10.2. The van der Waals surface area contributed by atoms with Crippen molar-refractivity contribution in [1.29, 1.82) is 0 Å². The lowest BCUT2D eigenvalue weighted by molar-refractivity contribution is -0.121. The molecular formula is C19H17N3O4. The highest BCUT2D eigenvalue weighted by molar-refractivity contribution is 6.02. The van der Waals surface area contributed by atoms with Crippen molar-refractivity contribution in [2.24, 2.45) is 0 Å². The van der Waals surface area contributed by atoms with Gasteiger partial charge in [-0.15, -0.1) is 0 Å². The molecule has 0 bridgehead atoms. The van der Waals surface area contributed by atoms with Gasteiger partial charge in [0.1, 0.15) is 6.54 Å². The maximum atomic E-state index is 11.9. The van der Waals surface area contributed by atoms with E-state index in [2.05, 4.69) is 10.6 Å². The zero-order valence-corrected chi connectivity index (χ0v) is 13.8. The minimum Gasteiger partial charge on any atom is -0.459 e. The van der Waals surface area contributed by atoms with Gasteiger partial charge in [0.05, 0.1) is 6.26 Å². The normalized spacial score (nSPS) is 10.3. The second-order valence-electron chi connectivity index (χ2n) is 5.57. The van der Waals surface area contributed by atoms with Crippen molar-refractivity contribution in [3.05, 3.63) is 88.7 Å². The smallest absolute Gasteiger partial charge is 0.291 e. The molecular weight excluding hydrogens is 334 g/mol. The third-order valence-electron chi connectivity index (χ3n) is 3.66. The Morgan fingerprint density at radius 3 is 2.50 bits per heavy atom. The van der Waals surface area contributed by atoms with Crippen molar-refractivity contribution in [2.45, 2.75) is 13.1 Å². The van der Waals surface area contributed by atoms with Crippen molar-refractivity contribution in [2.75, 3.05) is 5.32 Å². The zero-order valence-electron chi connectivity index (χ0n) is 13.8. The molecule has 7 heteroatoms. The summed E-state index contributed by atoms with van der Waals surface area (Å²) in [6.07, 6.45) is 3.00. The summed E-state index contributed by atoms with van der Waals surface area (Å²) in [4.78, 5) is 35.4. The average Bonchev–Trinajstić information content (AvgIpc) is 3.18. The van der Waals surface area contributed by atoms with Crippen LogP contribution >= 0.6 is 0 Å². The van der Waals surface area contributed by atoms with E-state index in [1.54, 1.807) is 54.7 Å². The number of furan rings is 1. The Hall–Kier alpha value is -3.61. The van der Waals surface area contributed by atoms with Gasteiger partial charge in [-0.05, 0) is 35.9 Å². The molecule has 0 aliphatic carbocycles. The van der Waals surface area contributed by atoms with Crippen LogP contribution in [0.2, 0.25) is 0 Å². The van der Waals surface area contributed by atoms with E-state index in [0.717, 1.165) is 5.56 Å². The van der Waals surface area contributed by atoms with E-state index < -0.39 is 0 Å². The van der Waals surface area contributed by atoms with Crippen LogP contribution in [0.4, 0.5) is 5.69 Å². The number of hydrogen-bond donors (Lipinski definition) is 2. The SMILES string of the molecule is O=C(Cn1ccccc1=O)NCc1ccc(NC(=O)c2ccco2)cc1. The molecule has 132 valence electrons. The van der Waals surface area contributed by atoms with Crippen LogP contribution < -0.4 is 16.2 Å². The van der Waals surface area contributed by atoms with Gasteiger partial charge >= 0.3 is 0 Å². The second-order valence-corrected chi connectivity index (χ2v) is 5.57. The highest BCUT2D eigenvalue weighted by atomic mass is 16.3. The molecule has 7 nitrogen and oxygen atoms in total. The molecule has 0 spiro atoms. The van der Waals surface area contributed by atoms with Crippen LogP contribution in [0.25, 0.3) is 0 Å². The summed E-state index contributed by atoms with van der Waals surface area (Å²) >= 11 is 0. The fourth-order valence-electron chi connectivity index (χ4n) is 2.31. The molecule has 0 atom stereocenters. The van der Waals surface area contributed by atoms with E-state index in [1.807, 2.05) is 0 Å². The number of hydrogen-bond acceptors (Lipinski definition) is 4. The molecule has 0 fully saturated rings. The first-order chi connectivity index (χ1) is 12.6. The highest BCUT2D eigenvalue weighted by Gasteiger charge is 2.08. The summed E-state index contributed by atoms with van der Waals surface area (Å²) in [5.41, 5.74) is 1.27. The molecule has 2 aromatic heterocycles. The van der Waals surface area contributed by atoms with Gasteiger partial charge in [0.2, 0.25) is 5.91 Å². The van der Waals surface area contributed by atoms with Gasteiger partial charge < -0.3 is 19.6 Å². The molecule has 2 amide bonds. The van der Waals surface area contributed by atoms with Crippen LogP contribution in [-0.2, 0) is 17.9 Å². The summed E-state index contributed by atoms with van der Waals surface area (Å²) in [5, 5.41) is 5.47. The number of amides is 2. The van der Waals surface area contributed by atoms with Crippen LogP contribution in [0.5, 0.6) is 0 Å². The predicted octanol–water partition coefficient (Wildman–Crippen LogP) is 2.01. The van der Waals surface area contributed by atoms with Crippen LogP contribution in [0.3, 0.4) is 0 Å². The number of benzene rings is 1. The van der Waals surface area contributed by atoms with Crippen molar-refractivity contribution >= 4 is 17.5 Å². The Balaban J connectivity index is 1.51. The molecule has 26 heavy (non-hydrogen) atoms. The molecule has 0 saturated carbocycles. The Kier molecular flexibility index (Phi) is 5.28. The number of aromatic nitrogens is 1. The Labute approximate surface area is 149 Å². The summed E-state index contributed by atoms with van der Waals surface area (Å²) in [5.74, 6) is -0.352. The molecule has 0 radical (unpaired) electrons. The van der Waals surface area contributed by atoms with E-state index in [9.17, 15) is 14.4 Å². The molecule has 1 aromatic carbocycles. The van der Waals surface area contributed by atoms with Crippen LogP contribution in [0.1, 0.15) is 16.1 Å². The van der Waals surface area contributed by atoms with E-state index >= 15 is 0 Å². The summed E-state index contributed by atoms with van der Waals surface area (Å²) in [7, 11) is 0. The first-order valence-electron chi connectivity index (χ1n) is 7.98. The molecule has 2 N–H and O–H groups in total. The molecule has 0 saturated heterocycles. The number of carbonyl (C=O) groups excluding carboxylic acids is 2. The van der Waals surface area contributed by atoms with Gasteiger partial charge in [0.25, 0.3) is 11.5 Å². The monoisotopic (exact) mass is 351 g/mol. The Morgan fingerprint density at radius 2 is 1.81 bits per heavy atom. The van der Waals surface area contributed by atoms with E-state index in [-0.39, 0.29) is 29.7 Å². The van der Waals surface area contributed by atoms with Gasteiger partial charge in [0.15, 0.2) is 5.76 Å². The number of nitrogens with zero attached hydrogens (tertiary/aromatic N) is 1. The van der Waals surface area contributed by atoms with Crippen molar-refractivity contribution in [1.82, 2.24) is 9.88 Å². The minimum atomic E-state index is -0.329. The predicted molar refractivity (Wildman–Crippen MR) is 95.7 cm³/mol. The number of nitrogens with one attached hydrogen (secondary N) is 2. The summed E-state index contributed by atoms with van der Waals surface area (Å²) < 4.78 is 6.37. The quantitative estimate of drug-likeness (QED) is 0.710. The molecule has 0 aliphatic heterocycles. The highest BCUT2D eigenvalue weighted by Crippen LogP contribution is 2.11. The Bertz CT molecular complexity index is 943. The maximum Gasteiger partial charge on any atom is 0.291 e. The van der Waals surface area contributed by atoms with Gasteiger partial charge in [-0.1, -0.05) is 18.2 Å². The number of carbonyl (C=O) groups is 2. The molecule has 0 unspecified atom stereocenters. The van der Waals surface area contributed by atoms with Gasteiger partial charge in [-0.3, -0.25) is 14.4 Å². The van der Waals surface area contributed by atoms with Gasteiger partial charge in [-0.2, -0.15) is 0 Å². The summed E-state index contributed by atoms with van der Waals surface area (Å²) in [6, 6.07) is 15.0. The first-order valence-corrected chi connectivity index (χ1v) is 7.98. The minimum absolute atomic E-state index is 0.0308. The zero-order chi connectivity index (χ0) is 18.4. The maximum absolute atomic E-state index is 11.9. The topological polar surface area (TPSA) is 93.3 Å². The first kappa shape index (κ1) is 17.2. The lowest BCUT2D eigenvalue weighted by Crippen LogP contribution is -2.31.